The van der Waals surface area contributed by atoms with Crippen LogP contribution in [0.15, 0.2) is 101 Å². The summed E-state index contributed by atoms with van der Waals surface area (Å²) in [6, 6.07) is 23.3. The summed E-state index contributed by atoms with van der Waals surface area (Å²) in [7, 11) is 0. The van der Waals surface area contributed by atoms with Crippen LogP contribution in [-0.2, 0) is 11.3 Å². The van der Waals surface area contributed by atoms with E-state index in [0.717, 1.165) is 5.56 Å². The van der Waals surface area contributed by atoms with Crippen molar-refractivity contribution in [1.82, 2.24) is 9.55 Å². The summed E-state index contributed by atoms with van der Waals surface area (Å²) in [6.07, 6.45) is 1.63. The first-order chi connectivity index (χ1) is 16.5. The molecule has 0 aliphatic heterocycles. The molecule has 0 radical (unpaired) electrons. The highest BCUT2D eigenvalue weighted by Crippen LogP contribution is 2.35. The van der Waals surface area contributed by atoms with Crippen molar-refractivity contribution >= 4 is 40.0 Å². The van der Waals surface area contributed by atoms with Gasteiger partial charge < -0.3 is 5.32 Å². The molecule has 0 saturated carbocycles. The van der Waals surface area contributed by atoms with Crippen LogP contribution in [0.5, 0.6) is 0 Å². The van der Waals surface area contributed by atoms with E-state index in [-0.39, 0.29) is 23.8 Å². The molecule has 1 heterocycles. The first kappa shape index (κ1) is 23.2. The fourth-order valence-electron chi connectivity index (χ4n) is 3.56. The number of anilines is 1. The fourth-order valence-corrected chi connectivity index (χ4v) is 4.66. The van der Waals surface area contributed by atoms with Gasteiger partial charge >= 0.3 is 0 Å². The monoisotopic (exact) mass is 469 g/mol. The molecule has 4 aromatic rings. The maximum absolute atomic E-state index is 13.5. The molecule has 0 aliphatic carbocycles. The normalized spacial score (nSPS) is 11.7. The van der Waals surface area contributed by atoms with Crippen LogP contribution in [0.25, 0.3) is 10.9 Å². The second-order valence-corrected chi connectivity index (χ2v) is 8.72. The minimum atomic E-state index is -0.689. The maximum Gasteiger partial charge on any atom is 0.262 e. The van der Waals surface area contributed by atoms with E-state index in [2.05, 4.69) is 11.9 Å². The van der Waals surface area contributed by atoms with Crippen LogP contribution < -0.4 is 10.9 Å². The lowest BCUT2D eigenvalue weighted by Gasteiger charge is -2.19. The Morgan fingerprint density at radius 1 is 1.06 bits per heavy atom. The van der Waals surface area contributed by atoms with Crippen molar-refractivity contribution in [3.8, 4) is 0 Å². The molecule has 1 atom stereocenters. The molecule has 0 unspecified atom stereocenters. The number of nitrogens with one attached hydrogen (secondary N) is 1. The molecule has 0 saturated heterocycles. The number of allylic oxidation sites excluding steroid dienone is 1. The molecule has 34 heavy (non-hydrogen) atoms. The zero-order chi connectivity index (χ0) is 24.1. The molecule has 4 rings (SSSR count). The average molecular weight is 470 g/mol. The Morgan fingerprint density at radius 2 is 1.79 bits per heavy atom. The zero-order valence-electron chi connectivity index (χ0n) is 18.6. The number of hydrogen-bond acceptors (Lipinski definition) is 5. The number of para-hydroxylation sites is 1. The van der Waals surface area contributed by atoms with E-state index in [4.69, 9.17) is 4.98 Å². The number of nitrogens with zero attached hydrogens (tertiary/aromatic N) is 2. The number of hydrogen-bond donors (Lipinski definition) is 1. The van der Waals surface area contributed by atoms with Crippen molar-refractivity contribution in [3.63, 3.8) is 0 Å². The van der Waals surface area contributed by atoms with Crippen LogP contribution >= 0.6 is 11.8 Å². The molecule has 0 aliphatic rings. The smallest absolute Gasteiger partial charge is 0.262 e. The third-order valence-electron chi connectivity index (χ3n) is 5.24. The standard InChI is InChI=1S/C27H23N3O3S/c1-3-16-30-26(33)22-14-7-8-15-23(22)29-27(30)34-24(19-10-5-4-6-11-19)25(32)28-21-13-9-12-20(17-21)18(2)31/h3-15,17,24H,1,16H2,2H3,(H,28,32)/t24-/m1/s1. The highest BCUT2D eigenvalue weighted by atomic mass is 32.2. The van der Waals surface area contributed by atoms with Crippen molar-refractivity contribution in [3.05, 3.63) is 113 Å². The number of amides is 1. The van der Waals surface area contributed by atoms with Crippen molar-refractivity contribution in [2.75, 3.05) is 5.32 Å². The average Bonchev–Trinajstić information content (AvgIpc) is 2.85. The van der Waals surface area contributed by atoms with Gasteiger partial charge in [0.1, 0.15) is 5.25 Å². The number of aromatic nitrogens is 2. The van der Waals surface area contributed by atoms with E-state index in [9.17, 15) is 14.4 Å². The number of benzene rings is 3. The lowest BCUT2D eigenvalue weighted by Crippen LogP contribution is -2.25. The number of rotatable bonds is 8. The Hall–Kier alpha value is -3.97. The Bertz CT molecular complexity index is 1430. The largest absolute Gasteiger partial charge is 0.325 e. The Morgan fingerprint density at radius 3 is 2.53 bits per heavy atom. The van der Waals surface area contributed by atoms with Crippen LogP contribution in [0.3, 0.4) is 0 Å². The third-order valence-corrected chi connectivity index (χ3v) is 6.48. The van der Waals surface area contributed by atoms with Gasteiger partial charge in [0, 0.05) is 17.8 Å². The molecule has 0 spiro atoms. The highest BCUT2D eigenvalue weighted by molar-refractivity contribution is 8.00. The lowest BCUT2D eigenvalue weighted by molar-refractivity contribution is -0.115. The number of fused-ring (bicyclic) bond motifs is 1. The Kier molecular flexibility index (Phi) is 7.04. The number of ketones is 1. The van der Waals surface area contributed by atoms with E-state index in [1.165, 1.54) is 23.3 Å². The summed E-state index contributed by atoms with van der Waals surface area (Å²) in [5.41, 5.74) is 2.18. The predicted molar refractivity (Wildman–Crippen MR) is 136 cm³/mol. The van der Waals surface area contributed by atoms with Gasteiger partial charge in [-0.3, -0.25) is 19.0 Å². The van der Waals surface area contributed by atoms with E-state index in [1.807, 2.05) is 36.4 Å². The Labute approximate surface area is 201 Å². The molecule has 170 valence electrons. The SMILES string of the molecule is C=CCn1c(S[C@@H](C(=O)Nc2cccc(C(C)=O)c2)c2ccccc2)nc2ccccc2c1=O. The summed E-state index contributed by atoms with van der Waals surface area (Å²) in [5, 5.41) is 3.15. The summed E-state index contributed by atoms with van der Waals surface area (Å²) in [4.78, 5) is 43.1. The minimum absolute atomic E-state index is 0.0844. The van der Waals surface area contributed by atoms with Crippen molar-refractivity contribution in [1.29, 1.82) is 0 Å². The number of Topliss-reactive ketones (excluding diaryl/α,β-unsaturated/α-hetero) is 1. The molecular weight excluding hydrogens is 446 g/mol. The molecule has 1 amide bonds. The van der Waals surface area contributed by atoms with Gasteiger partial charge in [-0.1, -0.05) is 72.4 Å². The van der Waals surface area contributed by atoms with E-state index >= 15 is 0 Å². The zero-order valence-corrected chi connectivity index (χ0v) is 19.4. The number of carbonyl (C=O) groups excluding carboxylic acids is 2. The van der Waals surface area contributed by atoms with Crippen LogP contribution in [0.2, 0.25) is 0 Å². The molecular formula is C27H23N3O3S. The molecule has 6 nitrogen and oxygen atoms in total. The molecule has 3 aromatic carbocycles. The summed E-state index contributed by atoms with van der Waals surface area (Å²) in [6.45, 7) is 5.51. The predicted octanol–water partition coefficient (Wildman–Crippen LogP) is 5.26. The quantitative estimate of drug-likeness (QED) is 0.165. The van der Waals surface area contributed by atoms with Gasteiger partial charge in [-0.25, -0.2) is 4.98 Å². The van der Waals surface area contributed by atoms with E-state index in [1.54, 1.807) is 48.5 Å². The molecule has 1 N–H and O–H groups in total. The lowest BCUT2D eigenvalue weighted by atomic mass is 10.1. The molecule has 0 fully saturated rings. The van der Waals surface area contributed by atoms with Crippen molar-refractivity contribution in [2.24, 2.45) is 0 Å². The highest BCUT2D eigenvalue weighted by Gasteiger charge is 2.25. The van der Waals surface area contributed by atoms with Gasteiger partial charge in [0.05, 0.1) is 10.9 Å². The van der Waals surface area contributed by atoms with Gasteiger partial charge in [0.25, 0.3) is 5.56 Å². The molecule has 1 aromatic heterocycles. The second-order valence-electron chi connectivity index (χ2n) is 7.65. The minimum Gasteiger partial charge on any atom is -0.325 e. The number of carbonyl (C=O) groups is 2. The first-order valence-corrected chi connectivity index (χ1v) is 11.6. The fraction of sp³-hybridized carbons (Fsp3) is 0.111. The van der Waals surface area contributed by atoms with Crippen molar-refractivity contribution < 1.29 is 9.59 Å². The van der Waals surface area contributed by atoms with Crippen LogP contribution in [0, 0.1) is 0 Å². The van der Waals surface area contributed by atoms with Gasteiger partial charge in [0.15, 0.2) is 10.9 Å². The summed E-state index contributed by atoms with van der Waals surface area (Å²) >= 11 is 1.20. The van der Waals surface area contributed by atoms with E-state index < -0.39 is 5.25 Å². The first-order valence-electron chi connectivity index (χ1n) is 10.7. The Balaban J connectivity index is 1.75. The third kappa shape index (κ3) is 5.00. The van der Waals surface area contributed by atoms with Crippen molar-refractivity contribution in [2.45, 2.75) is 23.9 Å². The van der Waals surface area contributed by atoms with Crippen LogP contribution in [0.1, 0.15) is 28.1 Å². The summed E-state index contributed by atoms with van der Waals surface area (Å²) in [5.74, 6) is -0.372. The summed E-state index contributed by atoms with van der Waals surface area (Å²) < 4.78 is 1.53. The van der Waals surface area contributed by atoms with Crippen LogP contribution in [-0.4, -0.2) is 21.2 Å². The van der Waals surface area contributed by atoms with E-state index in [0.29, 0.717) is 27.3 Å². The molecule has 0 bridgehead atoms. The second kappa shape index (κ2) is 10.3. The topological polar surface area (TPSA) is 81.1 Å². The molecule has 7 heteroatoms. The van der Waals surface area contributed by atoms with Gasteiger partial charge in [-0.05, 0) is 36.8 Å². The maximum atomic E-state index is 13.5. The van der Waals surface area contributed by atoms with Gasteiger partial charge in [-0.15, -0.1) is 6.58 Å². The van der Waals surface area contributed by atoms with Gasteiger partial charge in [0.2, 0.25) is 5.91 Å². The number of thioether (sulfide) groups is 1. The van der Waals surface area contributed by atoms with Crippen LogP contribution in [0.4, 0.5) is 5.69 Å². The van der Waals surface area contributed by atoms with Gasteiger partial charge in [-0.2, -0.15) is 0 Å².